The van der Waals surface area contributed by atoms with Crippen LogP contribution in [0.25, 0.3) is 6.08 Å². The number of hydrogen-bond acceptors (Lipinski definition) is 3. The van der Waals surface area contributed by atoms with Gasteiger partial charge in [-0.3, -0.25) is 9.59 Å². The molecule has 1 aromatic heterocycles. The van der Waals surface area contributed by atoms with Crippen LogP contribution in [-0.2, 0) is 16.0 Å². The number of aromatic amines is 1. The molecule has 3 N–H and O–H groups in total. The fourth-order valence-corrected chi connectivity index (χ4v) is 2.34. The summed E-state index contributed by atoms with van der Waals surface area (Å²) in [7, 11) is 0. The van der Waals surface area contributed by atoms with Gasteiger partial charge >= 0.3 is 5.97 Å². The average Bonchev–Trinajstić information content (AvgIpc) is 2.93. The second-order valence-corrected chi connectivity index (χ2v) is 5.41. The Morgan fingerprint density at radius 1 is 1.48 bits per heavy atom. The maximum atomic E-state index is 11.9. The molecule has 1 amide bonds. The van der Waals surface area contributed by atoms with Crippen LogP contribution in [0.2, 0.25) is 0 Å². The third-order valence-corrected chi connectivity index (χ3v) is 3.47. The molecular formula is C15H19N3O3. The number of amides is 1. The van der Waals surface area contributed by atoms with Crippen molar-refractivity contribution in [1.29, 1.82) is 0 Å². The number of aryl methyl sites for hydroxylation is 1. The summed E-state index contributed by atoms with van der Waals surface area (Å²) in [6.45, 7) is 5.86. The van der Waals surface area contributed by atoms with Crippen LogP contribution in [0.4, 0.5) is 0 Å². The molecule has 0 spiro atoms. The van der Waals surface area contributed by atoms with Crippen molar-refractivity contribution in [3.63, 3.8) is 0 Å². The lowest BCUT2D eigenvalue weighted by Gasteiger charge is -2.05. The van der Waals surface area contributed by atoms with Gasteiger partial charge in [-0.05, 0) is 36.5 Å². The van der Waals surface area contributed by atoms with Gasteiger partial charge in [0.05, 0.1) is 11.3 Å². The van der Waals surface area contributed by atoms with E-state index in [1.807, 2.05) is 27.0 Å². The highest BCUT2D eigenvalue weighted by Gasteiger charge is 2.25. The summed E-state index contributed by atoms with van der Waals surface area (Å²) >= 11 is 0. The number of carboxylic acids is 1. The Kier molecular flexibility index (Phi) is 4.26. The van der Waals surface area contributed by atoms with Gasteiger partial charge in [-0.2, -0.15) is 5.10 Å². The Bertz CT molecular complexity index is 639. The Labute approximate surface area is 122 Å². The zero-order valence-corrected chi connectivity index (χ0v) is 12.4. The zero-order chi connectivity index (χ0) is 15.6. The van der Waals surface area contributed by atoms with Crippen LogP contribution < -0.4 is 5.43 Å². The first-order valence-corrected chi connectivity index (χ1v) is 6.88. The van der Waals surface area contributed by atoms with Crippen LogP contribution in [0.15, 0.2) is 16.9 Å². The van der Waals surface area contributed by atoms with E-state index in [9.17, 15) is 9.59 Å². The van der Waals surface area contributed by atoms with Crippen molar-refractivity contribution in [3.8, 4) is 0 Å². The number of hydrazone groups is 1. The number of nitrogens with zero attached hydrogens (tertiary/aromatic N) is 1. The molecule has 21 heavy (non-hydrogen) atoms. The summed E-state index contributed by atoms with van der Waals surface area (Å²) in [6.07, 6.45) is 4.07. The van der Waals surface area contributed by atoms with E-state index in [2.05, 4.69) is 15.5 Å². The van der Waals surface area contributed by atoms with E-state index in [4.69, 9.17) is 5.11 Å². The van der Waals surface area contributed by atoms with Gasteiger partial charge in [-0.15, -0.1) is 0 Å². The van der Waals surface area contributed by atoms with Crippen LogP contribution in [-0.4, -0.2) is 27.7 Å². The molecule has 6 nitrogen and oxygen atoms in total. The Balaban J connectivity index is 2.34. The van der Waals surface area contributed by atoms with E-state index >= 15 is 0 Å². The molecule has 0 aromatic carbocycles. The van der Waals surface area contributed by atoms with Crippen LogP contribution in [0, 0.1) is 12.8 Å². The van der Waals surface area contributed by atoms with Gasteiger partial charge < -0.3 is 10.1 Å². The van der Waals surface area contributed by atoms with Crippen molar-refractivity contribution < 1.29 is 14.7 Å². The van der Waals surface area contributed by atoms with Crippen LogP contribution in [0.1, 0.15) is 37.1 Å². The number of hydrogen-bond donors (Lipinski definition) is 3. The number of aliphatic carboxylic acids is 1. The molecule has 0 aliphatic carbocycles. The fraction of sp³-hybridized carbons (Fsp3) is 0.400. The Morgan fingerprint density at radius 2 is 2.19 bits per heavy atom. The van der Waals surface area contributed by atoms with Crippen molar-refractivity contribution in [2.45, 2.75) is 33.6 Å². The van der Waals surface area contributed by atoms with Crippen molar-refractivity contribution >= 4 is 23.7 Å². The largest absolute Gasteiger partial charge is 0.481 e. The van der Waals surface area contributed by atoms with Gasteiger partial charge in [0.15, 0.2) is 0 Å². The molecule has 0 atom stereocenters. The summed E-state index contributed by atoms with van der Waals surface area (Å²) in [5.41, 5.74) is 6.41. The number of rotatable bonds is 5. The zero-order valence-electron chi connectivity index (χ0n) is 12.4. The van der Waals surface area contributed by atoms with E-state index in [1.54, 1.807) is 6.08 Å². The number of H-pyrrole nitrogens is 1. The molecule has 0 saturated carbocycles. The predicted molar refractivity (Wildman–Crippen MR) is 79.9 cm³/mol. The third-order valence-electron chi connectivity index (χ3n) is 3.47. The molecular weight excluding hydrogens is 270 g/mol. The molecule has 1 aromatic rings. The van der Waals surface area contributed by atoms with E-state index < -0.39 is 5.97 Å². The molecule has 0 radical (unpaired) electrons. The van der Waals surface area contributed by atoms with Crippen molar-refractivity contribution in [3.05, 3.63) is 28.6 Å². The van der Waals surface area contributed by atoms with E-state index in [-0.39, 0.29) is 18.2 Å². The first-order valence-electron chi connectivity index (χ1n) is 6.88. The highest BCUT2D eigenvalue weighted by molar-refractivity contribution is 6.28. The van der Waals surface area contributed by atoms with Gasteiger partial charge in [-0.25, -0.2) is 5.43 Å². The van der Waals surface area contributed by atoms with Crippen LogP contribution in [0.3, 0.4) is 0 Å². The second kappa shape index (κ2) is 5.95. The van der Waals surface area contributed by atoms with Gasteiger partial charge in [-0.1, -0.05) is 13.8 Å². The van der Waals surface area contributed by atoms with Gasteiger partial charge in [0.1, 0.15) is 0 Å². The van der Waals surface area contributed by atoms with Crippen molar-refractivity contribution in [2.24, 2.45) is 11.0 Å². The monoisotopic (exact) mass is 289 g/mol. The summed E-state index contributed by atoms with van der Waals surface area (Å²) in [6, 6.07) is 0. The molecule has 0 saturated heterocycles. The lowest BCUT2D eigenvalue weighted by Crippen LogP contribution is -2.15. The van der Waals surface area contributed by atoms with Crippen molar-refractivity contribution in [1.82, 2.24) is 10.4 Å². The maximum absolute atomic E-state index is 11.9. The molecule has 1 aliphatic rings. The van der Waals surface area contributed by atoms with Gasteiger partial charge in [0.25, 0.3) is 5.91 Å². The number of carbonyl (C=O) groups excluding carboxylic acids is 1. The van der Waals surface area contributed by atoms with E-state index in [0.717, 1.165) is 22.5 Å². The number of nitrogens with one attached hydrogen (secondary N) is 2. The topological polar surface area (TPSA) is 94.5 Å². The lowest BCUT2D eigenvalue weighted by molar-refractivity contribution is -0.137. The number of aromatic nitrogens is 1. The van der Waals surface area contributed by atoms with Crippen LogP contribution in [0.5, 0.6) is 0 Å². The fourth-order valence-electron chi connectivity index (χ4n) is 2.34. The quantitative estimate of drug-likeness (QED) is 0.722. The predicted octanol–water partition coefficient (Wildman–Crippen LogP) is 1.87. The second-order valence-electron chi connectivity index (χ2n) is 5.41. The molecule has 0 fully saturated rings. The first kappa shape index (κ1) is 15.0. The minimum absolute atomic E-state index is 0.0617. The minimum atomic E-state index is -0.836. The van der Waals surface area contributed by atoms with Gasteiger partial charge in [0.2, 0.25) is 0 Å². The molecule has 2 rings (SSSR count). The lowest BCUT2D eigenvalue weighted by atomic mass is 9.97. The number of carbonyl (C=O) groups is 2. The maximum Gasteiger partial charge on any atom is 0.303 e. The summed E-state index contributed by atoms with van der Waals surface area (Å²) in [5.74, 6) is -0.930. The summed E-state index contributed by atoms with van der Waals surface area (Å²) < 4.78 is 0. The molecule has 0 bridgehead atoms. The molecule has 112 valence electrons. The highest BCUT2D eigenvalue weighted by Crippen LogP contribution is 2.22. The summed E-state index contributed by atoms with van der Waals surface area (Å²) in [5, 5.41) is 12.9. The van der Waals surface area contributed by atoms with E-state index in [1.165, 1.54) is 0 Å². The highest BCUT2D eigenvalue weighted by atomic mass is 16.4. The van der Waals surface area contributed by atoms with Crippen molar-refractivity contribution in [2.75, 3.05) is 0 Å². The van der Waals surface area contributed by atoms with Crippen LogP contribution >= 0.6 is 0 Å². The minimum Gasteiger partial charge on any atom is -0.481 e. The third kappa shape index (κ3) is 3.21. The molecule has 6 heteroatoms. The Hall–Kier alpha value is -2.37. The molecule has 2 heterocycles. The first-order chi connectivity index (χ1) is 9.90. The molecule has 0 unspecified atom stereocenters. The Morgan fingerprint density at radius 3 is 2.81 bits per heavy atom. The standard InChI is InChI=1S/C15H19N3O3/c1-8(2)14-11(15(21)18-17-14)6-12-10(4-5-13(19)20)9(3)7-16-12/h6-8,16H,4-5H2,1-3H3,(H,18,21)(H,19,20). The summed E-state index contributed by atoms with van der Waals surface area (Å²) in [4.78, 5) is 25.7. The smallest absolute Gasteiger partial charge is 0.303 e. The van der Waals surface area contributed by atoms with Gasteiger partial charge in [0, 0.05) is 18.3 Å². The SMILES string of the molecule is Cc1c[nH]c(C=C2C(=O)NN=C2C(C)C)c1CCC(=O)O. The normalized spacial score (nSPS) is 16.5. The van der Waals surface area contributed by atoms with E-state index in [0.29, 0.717) is 12.0 Å². The molecule has 1 aliphatic heterocycles. The number of carboxylic acid groups (broad SMARTS) is 1. The average molecular weight is 289 g/mol.